The molecule has 2 aromatic carbocycles. The van der Waals surface area contributed by atoms with Crippen LogP contribution in [-0.4, -0.2) is 10.2 Å². The number of aromatic hydroxyl groups is 2. The molecular formula is C14H14BrNO2. The van der Waals surface area contributed by atoms with Crippen molar-refractivity contribution >= 4 is 21.6 Å². The Hall–Kier alpha value is -1.68. The van der Waals surface area contributed by atoms with Crippen molar-refractivity contribution in [1.82, 2.24) is 0 Å². The van der Waals surface area contributed by atoms with Crippen LogP contribution in [0.5, 0.6) is 11.5 Å². The quantitative estimate of drug-likeness (QED) is 0.809. The van der Waals surface area contributed by atoms with Gasteiger partial charge in [-0.25, -0.2) is 0 Å². The molecule has 0 saturated heterocycles. The van der Waals surface area contributed by atoms with E-state index in [4.69, 9.17) is 0 Å². The van der Waals surface area contributed by atoms with Crippen LogP contribution in [0.25, 0.3) is 0 Å². The molecule has 0 aliphatic rings. The third-order valence-corrected chi connectivity index (χ3v) is 3.23. The van der Waals surface area contributed by atoms with E-state index in [9.17, 15) is 10.2 Å². The summed E-state index contributed by atoms with van der Waals surface area (Å²) in [7, 11) is 0. The molecule has 94 valence electrons. The molecule has 0 atom stereocenters. The fourth-order valence-electron chi connectivity index (χ4n) is 1.68. The van der Waals surface area contributed by atoms with E-state index in [2.05, 4.69) is 21.2 Å². The second kappa shape index (κ2) is 5.31. The topological polar surface area (TPSA) is 52.5 Å². The molecule has 0 bridgehead atoms. The van der Waals surface area contributed by atoms with Gasteiger partial charge >= 0.3 is 0 Å². The first kappa shape index (κ1) is 12.8. The van der Waals surface area contributed by atoms with Gasteiger partial charge in [0.25, 0.3) is 0 Å². The number of anilines is 1. The number of phenolic OH excluding ortho intramolecular Hbond substituents is 2. The number of halogens is 1. The van der Waals surface area contributed by atoms with E-state index >= 15 is 0 Å². The van der Waals surface area contributed by atoms with E-state index in [1.54, 1.807) is 12.1 Å². The third kappa shape index (κ3) is 2.96. The van der Waals surface area contributed by atoms with Gasteiger partial charge < -0.3 is 15.5 Å². The summed E-state index contributed by atoms with van der Waals surface area (Å²) in [5, 5.41) is 22.2. The Balaban J connectivity index is 2.13. The van der Waals surface area contributed by atoms with Gasteiger partial charge in [0.1, 0.15) is 11.5 Å². The van der Waals surface area contributed by atoms with E-state index in [1.165, 1.54) is 6.07 Å². The van der Waals surface area contributed by atoms with E-state index in [1.807, 2.05) is 25.1 Å². The zero-order valence-electron chi connectivity index (χ0n) is 9.94. The normalized spacial score (nSPS) is 10.3. The van der Waals surface area contributed by atoms with Gasteiger partial charge in [0, 0.05) is 28.3 Å². The van der Waals surface area contributed by atoms with E-state index in [0.717, 1.165) is 21.3 Å². The molecule has 4 heteroatoms. The number of hydrogen-bond donors (Lipinski definition) is 3. The van der Waals surface area contributed by atoms with Crippen molar-refractivity contribution < 1.29 is 10.2 Å². The molecule has 2 aromatic rings. The molecule has 0 unspecified atom stereocenters. The summed E-state index contributed by atoms with van der Waals surface area (Å²) in [6.07, 6.45) is 0. The minimum atomic E-state index is 0.0647. The highest BCUT2D eigenvalue weighted by molar-refractivity contribution is 9.10. The first-order chi connectivity index (χ1) is 8.56. The Morgan fingerprint density at radius 1 is 1.11 bits per heavy atom. The smallest absolute Gasteiger partial charge is 0.124 e. The lowest BCUT2D eigenvalue weighted by molar-refractivity contribution is 0.446. The van der Waals surface area contributed by atoms with Crippen molar-refractivity contribution in [2.75, 3.05) is 5.32 Å². The predicted octanol–water partition coefficient (Wildman–Crippen LogP) is 3.78. The first-order valence-corrected chi connectivity index (χ1v) is 6.36. The fourth-order valence-corrected chi connectivity index (χ4v) is 2.04. The van der Waals surface area contributed by atoms with Gasteiger partial charge in [0.2, 0.25) is 0 Å². The van der Waals surface area contributed by atoms with Crippen molar-refractivity contribution in [1.29, 1.82) is 0 Å². The number of nitrogens with one attached hydrogen (secondary N) is 1. The number of benzene rings is 2. The molecule has 0 aromatic heterocycles. The maximum absolute atomic E-state index is 9.68. The standard InChI is InChI=1S/C14H14BrNO2/c1-9-2-4-11(15)6-13(9)16-8-10-3-5-12(17)7-14(10)18/h2-7,16-18H,8H2,1H3. The summed E-state index contributed by atoms with van der Waals surface area (Å²) in [4.78, 5) is 0. The van der Waals surface area contributed by atoms with Crippen LogP contribution in [0.15, 0.2) is 40.9 Å². The summed E-state index contributed by atoms with van der Waals surface area (Å²) in [6.45, 7) is 2.52. The van der Waals surface area contributed by atoms with Crippen LogP contribution in [0, 0.1) is 6.92 Å². The Labute approximate surface area is 114 Å². The van der Waals surface area contributed by atoms with Crippen LogP contribution in [0.4, 0.5) is 5.69 Å². The molecular weight excluding hydrogens is 294 g/mol. The molecule has 3 N–H and O–H groups in total. The largest absolute Gasteiger partial charge is 0.508 e. The van der Waals surface area contributed by atoms with Gasteiger partial charge in [0.05, 0.1) is 0 Å². The van der Waals surface area contributed by atoms with Crippen LogP contribution in [0.1, 0.15) is 11.1 Å². The maximum Gasteiger partial charge on any atom is 0.124 e. The predicted molar refractivity (Wildman–Crippen MR) is 76.0 cm³/mol. The number of rotatable bonds is 3. The summed E-state index contributed by atoms with van der Waals surface area (Å²) >= 11 is 3.42. The van der Waals surface area contributed by atoms with E-state index in [0.29, 0.717) is 6.54 Å². The highest BCUT2D eigenvalue weighted by atomic mass is 79.9. The van der Waals surface area contributed by atoms with Gasteiger partial charge in [-0.2, -0.15) is 0 Å². The lowest BCUT2D eigenvalue weighted by Crippen LogP contribution is -2.01. The Bertz CT molecular complexity index is 570. The third-order valence-electron chi connectivity index (χ3n) is 2.74. The summed E-state index contributed by atoms with van der Waals surface area (Å²) in [6, 6.07) is 10.6. The maximum atomic E-state index is 9.68. The second-order valence-electron chi connectivity index (χ2n) is 4.13. The SMILES string of the molecule is Cc1ccc(Br)cc1NCc1ccc(O)cc1O. The molecule has 0 amide bonds. The van der Waals surface area contributed by atoms with Crippen molar-refractivity contribution in [3.63, 3.8) is 0 Å². The number of phenols is 2. The van der Waals surface area contributed by atoms with Gasteiger partial charge in [-0.15, -0.1) is 0 Å². The van der Waals surface area contributed by atoms with Crippen molar-refractivity contribution in [2.45, 2.75) is 13.5 Å². The number of hydrogen-bond acceptors (Lipinski definition) is 3. The highest BCUT2D eigenvalue weighted by Gasteiger charge is 2.04. The molecule has 0 aliphatic heterocycles. The Morgan fingerprint density at radius 2 is 1.89 bits per heavy atom. The van der Waals surface area contributed by atoms with Crippen LogP contribution < -0.4 is 5.32 Å². The minimum absolute atomic E-state index is 0.0647. The molecule has 0 heterocycles. The Morgan fingerprint density at radius 3 is 2.61 bits per heavy atom. The zero-order valence-corrected chi connectivity index (χ0v) is 11.5. The first-order valence-electron chi connectivity index (χ1n) is 5.57. The summed E-state index contributed by atoms with van der Waals surface area (Å²) in [5.74, 6) is 0.157. The summed E-state index contributed by atoms with van der Waals surface area (Å²) < 4.78 is 1.01. The van der Waals surface area contributed by atoms with Gasteiger partial charge in [0.15, 0.2) is 0 Å². The van der Waals surface area contributed by atoms with E-state index < -0.39 is 0 Å². The fraction of sp³-hybridized carbons (Fsp3) is 0.143. The monoisotopic (exact) mass is 307 g/mol. The average molecular weight is 308 g/mol. The number of aryl methyl sites for hydroxylation is 1. The van der Waals surface area contributed by atoms with Crippen molar-refractivity contribution in [3.05, 3.63) is 52.0 Å². The van der Waals surface area contributed by atoms with Crippen molar-refractivity contribution in [3.8, 4) is 11.5 Å². The van der Waals surface area contributed by atoms with Crippen LogP contribution in [0.3, 0.4) is 0 Å². The lowest BCUT2D eigenvalue weighted by atomic mass is 10.1. The van der Waals surface area contributed by atoms with Gasteiger partial charge in [-0.3, -0.25) is 0 Å². The van der Waals surface area contributed by atoms with Crippen LogP contribution in [-0.2, 0) is 6.54 Å². The molecule has 18 heavy (non-hydrogen) atoms. The molecule has 0 aliphatic carbocycles. The van der Waals surface area contributed by atoms with Crippen LogP contribution in [0.2, 0.25) is 0 Å². The molecule has 0 radical (unpaired) electrons. The lowest BCUT2D eigenvalue weighted by Gasteiger charge is -2.11. The van der Waals surface area contributed by atoms with Gasteiger partial charge in [-0.05, 0) is 36.8 Å². The van der Waals surface area contributed by atoms with Crippen molar-refractivity contribution in [2.24, 2.45) is 0 Å². The highest BCUT2D eigenvalue weighted by Crippen LogP contribution is 2.25. The average Bonchev–Trinajstić information content (AvgIpc) is 2.32. The van der Waals surface area contributed by atoms with E-state index in [-0.39, 0.29) is 11.5 Å². The molecule has 0 saturated carbocycles. The molecule has 3 nitrogen and oxygen atoms in total. The second-order valence-corrected chi connectivity index (χ2v) is 5.04. The summed E-state index contributed by atoms with van der Waals surface area (Å²) in [5.41, 5.74) is 2.89. The molecule has 0 fully saturated rings. The molecule has 0 spiro atoms. The van der Waals surface area contributed by atoms with Gasteiger partial charge in [-0.1, -0.05) is 22.0 Å². The minimum Gasteiger partial charge on any atom is -0.508 e. The zero-order chi connectivity index (χ0) is 13.1. The molecule has 2 rings (SSSR count). The Kier molecular flexibility index (Phi) is 3.77. The van der Waals surface area contributed by atoms with Crippen LogP contribution >= 0.6 is 15.9 Å².